The fourth-order valence-corrected chi connectivity index (χ4v) is 2.29. The van der Waals surface area contributed by atoms with Crippen LogP contribution in [0.2, 0.25) is 0 Å². The summed E-state index contributed by atoms with van der Waals surface area (Å²) in [4.78, 5) is 11.5. The number of para-hydroxylation sites is 2. The smallest absolute Gasteiger partial charge is 0.434 e. The van der Waals surface area contributed by atoms with Crippen molar-refractivity contribution >= 4 is 11.8 Å². The summed E-state index contributed by atoms with van der Waals surface area (Å²) >= 11 is 0. The van der Waals surface area contributed by atoms with Gasteiger partial charge in [-0.3, -0.25) is 0 Å². The molecule has 24 heavy (non-hydrogen) atoms. The van der Waals surface area contributed by atoms with Gasteiger partial charge < -0.3 is 40.0 Å². The highest BCUT2D eigenvalue weighted by Crippen LogP contribution is 2.28. The molecule has 1 saturated heterocycles. The number of rotatable bonds is 5. The minimum atomic E-state index is -1.51. The van der Waals surface area contributed by atoms with Crippen LogP contribution in [0.25, 0.3) is 0 Å². The molecule has 5 N–H and O–H groups in total. The van der Waals surface area contributed by atoms with Crippen molar-refractivity contribution in [2.45, 2.75) is 37.6 Å². The molecule has 0 aromatic heterocycles. The molecular formula is C15H21NO8. The second-order valence-corrected chi connectivity index (χ2v) is 5.18. The van der Waals surface area contributed by atoms with Gasteiger partial charge in [-0.2, -0.15) is 0 Å². The standard InChI is InChI=1S/C15H21NO8/c1-2-22-15(21)24-9-6-4-3-5-8(9)16-14-13(20)12(19)11(18)10(7-17)23-14/h3-6,10-14,16-20H,2,7H2,1H3. The quantitative estimate of drug-likeness (QED) is 0.351. The topological polar surface area (TPSA) is 138 Å². The number of nitrogens with one attached hydrogen (secondary N) is 1. The third-order valence-corrected chi connectivity index (χ3v) is 3.53. The van der Waals surface area contributed by atoms with Gasteiger partial charge in [0.25, 0.3) is 0 Å². The maximum absolute atomic E-state index is 11.5. The van der Waals surface area contributed by atoms with Crippen LogP contribution in [-0.2, 0) is 9.47 Å². The first-order valence-electron chi connectivity index (χ1n) is 7.48. The first-order valence-corrected chi connectivity index (χ1v) is 7.48. The lowest BCUT2D eigenvalue weighted by Crippen LogP contribution is -2.60. The number of carbonyl (C=O) groups excluding carboxylic acids is 1. The molecule has 0 aliphatic carbocycles. The van der Waals surface area contributed by atoms with Crippen molar-refractivity contribution < 1.29 is 39.4 Å². The zero-order chi connectivity index (χ0) is 17.7. The number of anilines is 1. The molecule has 1 fully saturated rings. The van der Waals surface area contributed by atoms with E-state index >= 15 is 0 Å². The molecule has 1 aromatic carbocycles. The first-order chi connectivity index (χ1) is 11.5. The Labute approximate surface area is 138 Å². The van der Waals surface area contributed by atoms with E-state index < -0.39 is 43.4 Å². The summed E-state index contributed by atoms with van der Waals surface area (Å²) in [6.07, 6.45) is -7.48. The van der Waals surface area contributed by atoms with Crippen LogP contribution in [-0.4, -0.2) is 70.4 Å². The summed E-state index contributed by atoms with van der Waals surface area (Å²) in [5, 5.41) is 41.6. The van der Waals surface area contributed by atoms with Crippen molar-refractivity contribution in [3.63, 3.8) is 0 Å². The van der Waals surface area contributed by atoms with E-state index in [2.05, 4.69) is 5.32 Å². The molecule has 0 spiro atoms. The molecule has 2 rings (SSSR count). The number of ether oxygens (including phenoxy) is 3. The summed E-state index contributed by atoms with van der Waals surface area (Å²) < 4.78 is 15.1. The first kappa shape index (κ1) is 18.4. The van der Waals surface area contributed by atoms with E-state index in [0.29, 0.717) is 5.69 Å². The molecule has 5 atom stereocenters. The second-order valence-electron chi connectivity index (χ2n) is 5.18. The molecule has 1 heterocycles. The Morgan fingerprint density at radius 3 is 2.58 bits per heavy atom. The molecule has 9 heteroatoms. The molecule has 1 aromatic rings. The molecule has 0 bridgehead atoms. The predicted octanol–water partition coefficient (Wildman–Crippen LogP) is -0.566. The third-order valence-electron chi connectivity index (χ3n) is 3.53. The van der Waals surface area contributed by atoms with Crippen molar-refractivity contribution in [3.05, 3.63) is 24.3 Å². The third kappa shape index (κ3) is 4.13. The lowest BCUT2D eigenvalue weighted by Gasteiger charge is -2.40. The van der Waals surface area contributed by atoms with Crippen LogP contribution in [0.5, 0.6) is 5.75 Å². The zero-order valence-electron chi connectivity index (χ0n) is 13.0. The van der Waals surface area contributed by atoms with Gasteiger partial charge in [0.05, 0.1) is 18.9 Å². The molecular weight excluding hydrogens is 322 g/mol. The molecule has 1 aliphatic heterocycles. The lowest BCUT2D eigenvalue weighted by atomic mass is 9.98. The summed E-state index contributed by atoms with van der Waals surface area (Å²) in [6, 6.07) is 6.36. The van der Waals surface area contributed by atoms with Gasteiger partial charge in [-0.15, -0.1) is 0 Å². The molecule has 0 radical (unpaired) electrons. The fraction of sp³-hybridized carbons (Fsp3) is 0.533. The van der Waals surface area contributed by atoms with Crippen LogP contribution in [0.15, 0.2) is 24.3 Å². The van der Waals surface area contributed by atoms with Gasteiger partial charge in [0.1, 0.15) is 24.4 Å². The Morgan fingerprint density at radius 1 is 1.21 bits per heavy atom. The number of carbonyl (C=O) groups is 1. The number of aliphatic hydroxyl groups excluding tert-OH is 4. The van der Waals surface area contributed by atoms with Crippen LogP contribution < -0.4 is 10.1 Å². The van der Waals surface area contributed by atoms with E-state index in [4.69, 9.17) is 14.2 Å². The molecule has 134 valence electrons. The maximum atomic E-state index is 11.5. The average molecular weight is 343 g/mol. The summed E-state index contributed by atoms with van der Waals surface area (Å²) in [6.45, 7) is 1.25. The van der Waals surface area contributed by atoms with Gasteiger partial charge in [0.15, 0.2) is 12.0 Å². The Kier molecular flexibility index (Phi) is 6.35. The van der Waals surface area contributed by atoms with Crippen molar-refractivity contribution in [2.24, 2.45) is 0 Å². The summed E-state index contributed by atoms with van der Waals surface area (Å²) in [7, 11) is 0. The predicted molar refractivity (Wildman–Crippen MR) is 81.5 cm³/mol. The van der Waals surface area contributed by atoms with E-state index in [1.165, 1.54) is 6.07 Å². The Morgan fingerprint density at radius 2 is 1.92 bits per heavy atom. The van der Waals surface area contributed by atoms with Crippen LogP contribution in [0.1, 0.15) is 6.92 Å². The van der Waals surface area contributed by atoms with Crippen molar-refractivity contribution in [3.8, 4) is 5.75 Å². The van der Waals surface area contributed by atoms with E-state index in [9.17, 15) is 25.2 Å². The van der Waals surface area contributed by atoms with E-state index in [1.54, 1.807) is 25.1 Å². The summed E-state index contributed by atoms with van der Waals surface area (Å²) in [5.74, 6) is 0.132. The largest absolute Gasteiger partial charge is 0.513 e. The van der Waals surface area contributed by atoms with E-state index in [-0.39, 0.29) is 12.4 Å². The van der Waals surface area contributed by atoms with Crippen molar-refractivity contribution in [2.75, 3.05) is 18.5 Å². The summed E-state index contributed by atoms with van der Waals surface area (Å²) in [5.41, 5.74) is 0.301. The Bertz CT molecular complexity index is 552. The lowest BCUT2D eigenvalue weighted by molar-refractivity contribution is -0.221. The Hall–Kier alpha value is -1.91. The number of hydrogen-bond acceptors (Lipinski definition) is 9. The SMILES string of the molecule is CCOC(=O)Oc1ccccc1NC1OC(CO)C(O)C(O)C1O. The number of aliphatic hydroxyl groups is 4. The van der Waals surface area contributed by atoms with E-state index in [0.717, 1.165) is 0 Å². The van der Waals surface area contributed by atoms with Gasteiger partial charge >= 0.3 is 6.16 Å². The molecule has 0 amide bonds. The maximum Gasteiger partial charge on any atom is 0.513 e. The van der Waals surface area contributed by atoms with Gasteiger partial charge in [0.2, 0.25) is 0 Å². The van der Waals surface area contributed by atoms with Gasteiger partial charge in [-0.05, 0) is 19.1 Å². The number of benzene rings is 1. The Balaban J connectivity index is 2.13. The fourth-order valence-electron chi connectivity index (χ4n) is 2.29. The molecule has 5 unspecified atom stereocenters. The zero-order valence-corrected chi connectivity index (χ0v) is 13.0. The minimum absolute atomic E-state index is 0.132. The van der Waals surface area contributed by atoms with Crippen molar-refractivity contribution in [1.29, 1.82) is 0 Å². The van der Waals surface area contributed by atoms with Crippen LogP contribution in [0.4, 0.5) is 10.5 Å². The van der Waals surface area contributed by atoms with Crippen LogP contribution in [0.3, 0.4) is 0 Å². The van der Waals surface area contributed by atoms with Crippen LogP contribution in [0, 0.1) is 0 Å². The average Bonchev–Trinajstić information content (AvgIpc) is 2.57. The highest BCUT2D eigenvalue weighted by atomic mass is 16.7. The van der Waals surface area contributed by atoms with Gasteiger partial charge in [0, 0.05) is 0 Å². The minimum Gasteiger partial charge on any atom is -0.434 e. The van der Waals surface area contributed by atoms with Crippen molar-refractivity contribution in [1.82, 2.24) is 0 Å². The second kappa shape index (κ2) is 8.27. The van der Waals surface area contributed by atoms with Gasteiger partial charge in [-0.25, -0.2) is 4.79 Å². The molecule has 0 saturated carbocycles. The van der Waals surface area contributed by atoms with Gasteiger partial charge in [-0.1, -0.05) is 12.1 Å². The normalized spacial score (nSPS) is 29.8. The molecule has 1 aliphatic rings. The van der Waals surface area contributed by atoms with Crippen LogP contribution >= 0.6 is 0 Å². The highest BCUT2D eigenvalue weighted by molar-refractivity contribution is 5.68. The number of hydrogen-bond donors (Lipinski definition) is 5. The molecule has 9 nitrogen and oxygen atoms in total. The highest BCUT2D eigenvalue weighted by Gasteiger charge is 2.43. The van der Waals surface area contributed by atoms with E-state index in [1.807, 2.05) is 0 Å². The monoisotopic (exact) mass is 343 g/mol.